The second-order valence-electron chi connectivity index (χ2n) is 7.74. The number of hydrogen-bond donors (Lipinski definition) is 2. The fourth-order valence-corrected chi connectivity index (χ4v) is 3.07. The lowest BCUT2D eigenvalue weighted by molar-refractivity contribution is 0.174. The van der Waals surface area contributed by atoms with Gasteiger partial charge in [0.25, 0.3) is 0 Å². The Morgan fingerprint density at radius 2 is 2.12 bits per heavy atom. The highest BCUT2D eigenvalue weighted by atomic mass is 16.7. The van der Waals surface area contributed by atoms with E-state index in [0.29, 0.717) is 19.1 Å². The number of ether oxygens (including phenoxy) is 2. The predicted molar refractivity (Wildman–Crippen MR) is 101 cm³/mol. The van der Waals surface area contributed by atoms with Gasteiger partial charge in [0.2, 0.25) is 6.79 Å². The Hall–Kier alpha value is -1.95. The van der Waals surface area contributed by atoms with Gasteiger partial charge in [-0.25, -0.2) is 0 Å². The third kappa shape index (κ3) is 4.37. The number of nitrogens with zero attached hydrogens (tertiary/aromatic N) is 2. The number of guanidine groups is 1. The van der Waals surface area contributed by atoms with Crippen molar-refractivity contribution >= 4 is 11.6 Å². The Labute approximate surface area is 150 Å². The summed E-state index contributed by atoms with van der Waals surface area (Å²) in [7, 11) is 0. The monoisotopic (exact) mass is 346 g/mol. The molecule has 6 nitrogen and oxygen atoms in total. The number of aliphatic imine (C=N–C) groups is 1. The second-order valence-corrected chi connectivity index (χ2v) is 7.74. The van der Waals surface area contributed by atoms with Gasteiger partial charge in [-0.05, 0) is 50.3 Å². The number of likely N-dealkylation sites (tertiary alicyclic amines) is 1. The molecule has 3 N–H and O–H groups in total. The molecule has 2 heterocycles. The van der Waals surface area contributed by atoms with Gasteiger partial charge in [0, 0.05) is 30.9 Å². The van der Waals surface area contributed by atoms with Crippen LogP contribution in [0.3, 0.4) is 0 Å². The molecule has 1 atom stereocenters. The largest absolute Gasteiger partial charge is 0.454 e. The summed E-state index contributed by atoms with van der Waals surface area (Å²) in [6.07, 6.45) is 3.68. The number of benzene rings is 1. The quantitative estimate of drug-likeness (QED) is 0.648. The molecule has 3 rings (SSSR count). The first-order chi connectivity index (χ1) is 12.0. The molecule has 1 fully saturated rings. The number of rotatable bonds is 4. The standard InChI is InChI=1S/C19H30N4O2/c1-14-6-4-5-9-23(14)18(21-12-19(2,3)11-20)22-15-7-8-16-17(10-15)25-13-24-16/h7-8,10,14H,4-6,9,11-13,20H2,1-3H3,(H,21,22). The maximum atomic E-state index is 5.88. The van der Waals surface area contributed by atoms with Gasteiger partial charge in [-0.2, -0.15) is 0 Å². The Morgan fingerprint density at radius 3 is 2.88 bits per heavy atom. The topological polar surface area (TPSA) is 72.1 Å². The van der Waals surface area contributed by atoms with Crippen LogP contribution in [0.25, 0.3) is 0 Å². The van der Waals surface area contributed by atoms with Gasteiger partial charge >= 0.3 is 0 Å². The minimum Gasteiger partial charge on any atom is -0.454 e. The van der Waals surface area contributed by atoms with Crippen LogP contribution in [0, 0.1) is 5.41 Å². The molecule has 2 aliphatic rings. The lowest BCUT2D eigenvalue weighted by Gasteiger charge is -2.36. The summed E-state index contributed by atoms with van der Waals surface area (Å²) in [4.78, 5) is 7.28. The zero-order chi connectivity index (χ0) is 17.9. The van der Waals surface area contributed by atoms with E-state index < -0.39 is 0 Å². The van der Waals surface area contributed by atoms with Crippen LogP contribution in [0.15, 0.2) is 23.2 Å². The van der Waals surface area contributed by atoms with Gasteiger partial charge in [0.05, 0.1) is 0 Å². The van der Waals surface area contributed by atoms with Crippen molar-refractivity contribution < 1.29 is 9.47 Å². The number of nitrogens with two attached hydrogens (primary N) is 1. The number of fused-ring (bicyclic) bond motifs is 1. The van der Waals surface area contributed by atoms with Crippen LogP contribution in [0.4, 0.5) is 5.69 Å². The summed E-state index contributed by atoms with van der Waals surface area (Å²) in [5.74, 6) is 2.49. The average molecular weight is 346 g/mol. The molecule has 138 valence electrons. The zero-order valence-electron chi connectivity index (χ0n) is 15.5. The van der Waals surface area contributed by atoms with Crippen molar-refractivity contribution in [2.75, 3.05) is 31.7 Å². The number of nitrogens with one attached hydrogen (secondary N) is 1. The molecule has 0 bridgehead atoms. The molecular weight excluding hydrogens is 316 g/mol. The summed E-state index contributed by atoms with van der Waals surface area (Å²) in [6.45, 7) is 9.18. The van der Waals surface area contributed by atoms with Crippen molar-refractivity contribution in [2.24, 2.45) is 16.1 Å². The SMILES string of the molecule is CC1CCCCN1C(=NCC(C)(C)CN)Nc1ccc2c(c1)OCO2. The molecule has 0 saturated carbocycles. The van der Waals surface area contributed by atoms with E-state index in [1.54, 1.807) is 0 Å². The first-order valence-electron chi connectivity index (χ1n) is 9.16. The van der Waals surface area contributed by atoms with Gasteiger partial charge < -0.3 is 25.4 Å². The Bertz CT molecular complexity index is 630. The molecule has 0 aliphatic carbocycles. The summed E-state index contributed by atoms with van der Waals surface area (Å²) in [6, 6.07) is 6.40. The molecular formula is C19H30N4O2. The van der Waals surface area contributed by atoms with Crippen LogP contribution in [-0.4, -0.2) is 43.3 Å². The fraction of sp³-hybridized carbons (Fsp3) is 0.632. The van der Waals surface area contributed by atoms with Crippen molar-refractivity contribution in [3.8, 4) is 11.5 Å². The van der Waals surface area contributed by atoms with E-state index in [1.165, 1.54) is 19.3 Å². The van der Waals surface area contributed by atoms with Crippen molar-refractivity contribution in [1.29, 1.82) is 0 Å². The van der Waals surface area contributed by atoms with E-state index in [9.17, 15) is 0 Å². The van der Waals surface area contributed by atoms with E-state index in [2.05, 4.69) is 31.0 Å². The van der Waals surface area contributed by atoms with E-state index in [1.807, 2.05) is 18.2 Å². The molecule has 2 aliphatic heterocycles. The van der Waals surface area contributed by atoms with Gasteiger partial charge in [-0.3, -0.25) is 4.99 Å². The first-order valence-corrected chi connectivity index (χ1v) is 9.16. The minimum atomic E-state index is -0.0131. The van der Waals surface area contributed by atoms with Crippen LogP contribution < -0.4 is 20.5 Å². The van der Waals surface area contributed by atoms with E-state index in [-0.39, 0.29) is 12.2 Å². The summed E-state index contributed by atoms with van der Waals surface area (Å²) < 4.78 is 10.9. The highest BCUT2D eigenvalue weighted by Gasteiger charge is 2.24. The highest BCUT2D eigenvalue weighted by molar-refractivity contribution is 5.94. The van der Waals surface area contributed by atoms with Crippen molar-refractivity contribution in [3.63, 3.8) is 0 Å². The zero-order valence-corrected chi connectivity index (χ0v) is 15.5. The van der Waals surface area contributed by atoms with Crippen LogP contribution in [0.2, 0.25) is 0 Å². The summed E-state index contributed by atoms with van der Waals surface area (Å²) in [5, 5.41) is 3.51. The molecule has 1 saturated heterocycles. The van der Waals surface area contributed by atoms with E-state index >= 15 is 0 Å². The Balaban J connectivity index is 1.81. The lowest BCUT2D eigenvalue weighted by Crippen LogP contribution is -2.46. The van der Waals surface area contributed by atoms with Gasteiger partial charge in [0.15, 0.2) is 17.5 Å². The molecule has 6 heteroatoms. The Morgan fingerprint density at radius 1 is 1.32 bits per heavy atom. The van der Waals surface area contributed by atoms with Crippen molar-refractivity contribution in [2.45, 2.75) is 46.1 Å². The third-order valence-corrected chi connectivity index (χ3v) is 4.91. The molecule has 1 unspecified atom stereocenters. The fourth-order valence-electron chi connectivity index (χ4n) is 3.07. The van der Waals surface area contributed by atoms with Crippen LogP contribution >= 0.6 is 0 Å². The predicted octanol–water partition coefficient (Wildman–Crippen LogP) is 3.04. The normalized spacial score (nSPS) is 20.7. The van der Waals surface area contributed by atoms with E-state index in [0.717, 1.165) is 29.7 Å². The smallest absolute Gasteiger partial charge is 0.231 e. The molecule has 0 radical (unpaired) electrons. The van der Waals surface area contributed by atoms with Gasteiger partial charge in [0.1, 0.15) is 0 Å². The molecule has 25 heavy (non-hydrogen) atoms. The van der Waals surface area contributed by atoms with Gasteiger partial charge in [-0.1, -0.05) is 13.8 Å². The van der Waals surface area contributed by atoms with Crippen molar-refractivity contribution in [3.05, 3.63) is 18.2 Å². The van der Waals surface area contributed by atoms with Crippen LogP contribution in [-0.2, 0) is 0 Å². The molecule has 0 spiro atoms. The van der Waals surface area contributed by atoms with Crippen LogP contribution in [0.1, 0.15) is 40.0 Å². The third-order valence-electron chi connectivity index (χ3n) is 4.91. The number of piperidine rings is 1. The number of hydrogen-bond acceptors (Lipinski definition) is 4. The summed E-state index contributed by atoms with van der Waals surface area (Å²) >= 11 is 0. The lowest BCUT2D eigenvalue weighted by atomic mass is 9.94. The molecule has 1 aromatic rings. The van der Waals surface area contributed by atoms with Crippen LogP contribution in [0.5, 0.6) is 11.5 Å². The molecule has 0 amide bonds. The minimum absolute atomic E-state index is 0.0131. The molecule has 1 aromatic carbocycles. The maximum Gasteiger partial charge on any atom is 0.231 e. The van der Waals surface area contributed by atoms with Crippen molar-refractivity contribution in [1.82, 2.24) is 4.90 Å². The van der Waals surface area contributed by atoms with E-state index in [4.69, 9.17) is 20.2 Å². The second kappa shape index (κ2) is 7.52. The van der Waals surface area contributed by atoms with Gasteiger partial charge in [-0.15, -0.1) is 0 Å². The average Bonchev–Trinajstić information content (AvgIpc) is 3.07. The molecule has 0 aromatic heterocycles. The number of anilines is 1. The Kier molecular flexibility index (Phi) is 5.37. The highest BCUT2D eigenvalue weighted by Crippen LogP contribution is 2.34. The summed E-state index contributed by atoms with van der Waals surface area (Å²) in [5.41, 5.74) is 6.83. The first kappa shape index (κ1) is 17.9. The maximum absolute atomic E-state index is 5.88.